The number of alkyl halides is 3. The van der Waals surface area contributed by atoms with Gasteiger partial charge < -0.3 is 15.7 Å². The number of sulfonamides is 1. The predicted octanol–water partition coefficient (Wildman–Crippen LogP) is 4.37. The normalized spacial score (nSPS) is 19.4. The van der Waals surface area contributed by atoms with Crippen molar-refractivity contribution in [1.82, 2.24) is 14.2 Å². The number of rotatable bonds is 6. The van der Waals surface area contributed by atoms with E-state index in [1.54, 1.807) is 27.4 Å². The number of carboxylic acid groups (broad SMARTS) is 1. The molecule has 5 rings (SSSR count). The van der Waals surface area contributed by atoms with Crippen LogP contribution in [0.25, 0.3) is 11.1 Å². The van der Waals surface area contributed by atoms with Gasteiger partial charge in [0.2, 0.25) is 10.0 Å². The molecule has 9 nitrogen and oxygen atoms in total. The number of carboxylic acids is 1. The summed E-state index contributed by atoms with van der Waals surface area (Å²) in [6.07, 6.45) is -2.06. The van der Waals surface area contributed by atoms with Gasteiger partial charge >= 0.3 is 12.1 Å². The Morgan fingerprint density at radius 3 is 2.40 bits per heavy atom. The third kappa shape index (κ3) is 6.08. The summed E-state index contributed by atoms with van der Waals surface area (Å²) in [4.78, 5) is 29.0. The first-order valence-corrected chi connectivity index (χ1v) is 14.7. The van der Waals surface area contributed by atoms with Crippen molar-refractivity contribution in [3.05, 3.63) is 50.8 Å². The number of carbonyl (C=O) groups is 2. The van der Waals surface area contributed by atoms with Crippen molar-refractivity contribution in [2.45, 2.75) is 63.2 Å². The van der Waals surface area contributed by atoms with Crippen molar-refractivity contribution in [3.8, 4) is 11.1 Å². The topological polar surface area (TPSA) is 134 Å². The zero-order chi connectivity index (χ0) is 29.6. The summed E-state index contributed by atoms with van der Waals surface area (Å²) in [7, 11) is -3.29. The number of hydrogen-bond acceptors (Lipinski definition) is 6. The fraction of sp³-hybridized carbons (Fsp3) is 0.480. The number of halogens is 5. The number of benzene rings is 1. The Bertz CT molecular complexity index is 1450. The fourth-order valence-electron chi connectivity index (χ4n) is 5.08. The molecule has 3 heterocycles. The second-order valence-corrected chi connectivity index (χ2v) is 12.8. The van der Waals surface area contributed by atoms with Crippen LogP contribution in [-0.2, 0) is 27.9 Å². The van der Waals surface area contributed by atoms with Crippen LogP contribution in [0.4, 0.5) is 13.2 Å². The van der Waals surface area contributed by atoms with E-state index >= 15 is 0 Å². The van der Waals surface area contributed by atoms with Crippen LogP contribution >= 0.6 is 23.2 Å². The van der Waals surface area contributed by atoms with E-state index in [1.807, 2.05) is 6.92 Å². The van der Waals surface area contributed by atoms with Gasteiger partial charge in [0.05, 0.1) is 23.1 Å². The summed E-state index contributed by atoms with van der Waals surface area (Å²) in [6.45, 7) is 3.31. The van der Waals surface area contributed by atoms with E-state index in [1.165, 1.54) is 0 Å². The highest BCUT2D eigenvalue weighted by atomic mass is 35.5. The van der Waals surface area contributed by atoms with Crippen LogP contribution < -0.4 is 5.73 Å². The van der Waals surface area contributed by atoms with Crippen LogP contribution in [0.15, 0.2) is 18.2 Å². The Morgan fingerprint density at radius 1 is 1.20 bits per heavy atom. The second kappa shape index (κ2) is 11.4. The summed E-state index contributed by atoms with van der Waals surface area (Å²) in [5.41, 5.74) is 10.2. The van der Waals surface area contributed by atoms with Crippen LogP contribution in [0.2, 0.25) is 10.0 Å². The molecule has 218 valence electrons. The van der Waals surface area contributed by atoms with Gasteiger partial charge in [-0.05, 0) is 50.3 Å². The van der Waals surface area contributed by atoms with Gasteiger partial charge in [-0.25, -0.2) is 13.2 Å². The van der Waals surface area contributed by atoms with Crippen LogP contribution in [-0.4, -0.2) is 70.1 Å². The predicted molar refractivity (Wildman–Crippen MR) is 142 cm³/mol. The number of fused-ring (bicyclic) bond motifs is 1. The average molecular weight is 623 g/mol. The lowest BCUT2D eigenvalue weighted by Gasteiger charge is -2.28. The van der Waals surface area contributed by atoms with Gasteiger partial charge in [-0.2, -0.15) is 17.5 Å². The van der Waals surface area contributed by atoms with Crippen molar-refractivity contribution < 1.29 is 36.3 Å². The van der Waals surface area contributed by atoms with Gasteiger partial charge in [-0.3, -0.25) is 9.78 Å². The molecule has 1 aliphatic carbocycles. The molecular formula is C25H27Cl2F3N4O5S. The highest BCUT2D eigenvalue weighted by molar-refractivity contribution is 7.90. The van der Waals surface area contributed by atoms with Crippen molar-refractivity contribution >= 4 is 45.1 Å². The number of nitrogens with zero attached hydrogens (tertiary/aromatic N) is 3. The molecule has 15 heteroatoms. The van der Waals surface area contributed by atoms with Gasteiger partial charge in [0.15, 0.2) is 0 Å². The Balaban J connectivity index is 0.000000470. The molecule has 1 saturated heterocycles. The molecule has 1 aromatic heterocycles. The van der Waals surface area contributed by atoms with E-state index < -0.39 is 22.2 Å². The molecule has 1 aromatic carbocycles. The lowest BCUT2D eigenvalue weighted by molar-refractivity contribution is -0.192. The molecule has 2 aliphatic heterocycles. The number of pyridine rings is 1. The summed E-state index contributed by atoms with van der Waals surface area (Å²) in [5.74, 6) is -2.92. The van der Waals surface area contributed by atoms with Gasteiger partial charge in [0.1, 0.15) is 0 Å². The minimum absolute atomic E-state index is 0.163. The molecule has 2 fully saturated rings. The molecule has 2 aromatic rings. The molecular weight excluding hydrogens is 596 g/mol. The number of nitrogens with two attached hydrogens (primary N) is 1. The monoisotopic (exact) mass is 622 g/mol. The number of aryl methyl sites for hydroxylation is 1. The molecule has 1 saturated carbocycles. The molecule has 0 radical (unpaired) electrons. The van der Waals surface area contributed by atoms with E-state index in [0.29, 0.717) is 52.1 Å². The number of amides is 1. The van der Waals surface area contributed by atoms with Crippen molar-refractivity contribution in [1.29, 1.82) is 0 Å². The SMILES string of the molecule is Cc1nc2c(c(-c3ccc(Cl)cc3Cl)c1CN)C(=O)N(C[C@@H]1CCCN1S(=O)(=O)C1CC1)C2.O=C(O)C(F)(F)F. The fourth-order valence-corrected chi connectivity index (χ4v) is 7.67. The largest absolute Gasteiger partial charge is 0.490 e. The van der Waals surface area contributed by atoms with E-state index in [2.05, 4.69) is 0 Å². The maximum absolute atomic E-state index is 13.6. The lowest BCUT2D eigenvalue weighted by Crippen LogP contribution is -2.44. The Hall–Kier alpha value is -2.45. The number of aliphatic carboxylic acids is 1. The number of carbonyl (C=O) groups excluding carboxylic acids is 1. The summed E-state index contributed by atoms with van der Waals surface area (Å²) < 4.78 is 59.1. The first-order chi connectivity index (χ1) is 18.7. The lowest BCUT2D eigenvalue weighted by atomic mass is 9.93. The highest BCUT2D eigenvalue weighted by Gasteiger charge is 2.46. The van der Waals surface area contributed by atoms with Gasteiger partial charge in [0, 0.05) is 52.5 Å². The van der Waals surface area contributed by atoms with Crippen molar-refractivity contribution in [2.24, 2.45) is 5.73 Å². The van der Waals surface area contributed by atoms with E-state index in [-0.39, 0.29) is 23.7 Å². The Kier molecular flexibility index (Phi) is 8.72. The molecule has 0 bridgehead atoms. The van der Waals surface area contributed by atoms with Crippen molar-refractivity contribution in [3.63, 3.8) is 0 Å². The van der Waals surface area contributed by atoms with Gasteiger partial charge in [-0.15, -0.1) is 0 Å². The first kappa shape index (κ1) is 30.5. The zero-order valence-corrected chi connectivity index (χ0v) is 23.7. The standard InChI is InChI=1S/C23H26Cl2N4O3S.C2HF3O2/c1-13-18(10-26)21(17-7-4-14(24)9-19(17)25)22-20(27-13)12-28(23(22)30)11-15-3-2-8-29(15)33(31,32)16-5-6-16;3-2(4,5)1(6)7/h4,7,9,15-16H,2-3,5-6,8,10-12,26H2,1H3;(H,6,7)/t15-;/m0./s1. The molecule has 40 heavy (non-hydrogen) atoms. The second-order valence-electron chi connectivity index (χ2n) is 9.84. The molecule has 0 spiro atoms. The molecule has 1 atom stereocenters. The number of hydrogen-bond donors (Lipinski definition) is 2. The van der Waals surface area contributed by atoms with Gasteiger partial charge in [-0.1, -0.05) is 29.3 Å². The van der Waals surface area contributed by atoms with E-state index in [9.17, 15) is 26.4 Å². The quantitative estimate of drug-likeness (QED) is 0.488. The number of aromatic nitrogens is 1. The third-order valence-corrected chi connectivity index (χ3v) is 10.1. The van der Waals surface area contributed by atoms with E-state index in [0.717, 1.165) is 36.9 Å². The molecule has 3 N–H and O–H groups in total. The first-order valence-electron chi connectivity index (χ1n) is 12.4. The minimum Gasteiger partial charge on any atom is -0.475 e. The van der Waals surface area contributed by atoms with E-state index in [4.69, 9.17) is 43.8 Å². The third-order valence-electron chi connectivity index (χ3n) is 7.10. The van der Waals surface area contributed by atoms with Crippen LogP contribution in [0.1, 0.15) is 53.0 Å². The Morgan fingerprint density at radius 2 is 1.85 bits per heavy atom. The molecule has 0 unspecified atom stereocenters. The summed E-state index contributed by atoms with van der Waals surface area (Å²) in [6, 6.07) is 4.99. The highest BCUT2D eigenvalue weighted by Crippen LogP contribution is 2.41. The maximum Gasteiger partial charge on any atom is 0.490 e. The van der Waals surface area contributed by atoms with Crippen molar-refractivity contribution in [2.75, 3.05) is 13.1 Å². The summed E-state index contributed by atoms with van der Waals surface area (Å²) in [5, 5.41) is 7.82. The molecule has 1 amide bonds. The van der Waals surface area contributed by atoms with Gasteiger partial charge in [0.25, 0.3) is 5.91 Å². The smallest absolute Gasteiger partial charge is 0.475 e. The maximum atomic E-state index is 13.6. The molecule has 3 aliphatic rings. The minimum atomic E-state index is -5.08. The van der Waals surface area contributed by atoms with Crippen LogP contribution in [0.5, 0.6) is 0 Å². The Labute approximate surface area is 239 Å². The summed E-state index contributed by atoms with van der Waals surface area (Å²) >= 11 is 12.6. The van der Waals surface area contributed by atoms with Crippen LogP contribution in [0, 0.1) is 6.92 Å². The van der Waals surface area contributed by atoms with Crippen LogP contribution in [0.3, 0.4) is 0 Å². The average Bonchev–Trinajstić information content (AvgIpc) is 3.55. The zero-order valence-electron chi connectivity index (χ0n) is 21.3.